The van der Waals surface area contributed by atoms with E-state index < -0.39 is 23.6 Å². The lowest BCUT2D eigenvalue weighted by molar-refractivity contribution is -0.124. The van der Waals surface area contributed by atoms with Crippen LogP contribution in [0.15, 0.2) is 11.8 Å². The van der Waals surface area contributed by atoms with Gasteiger partial charge in [-0.2, -0.15) is 0 Å². The molecular formula is C5H6N2O3. The summed E-state index contributed by atoms with van der Waals surface area (Å²) in [5.74, 6) is -1.80. The largest absolute Gasteiger partial charge is 0.503 e. The van der Waals surface area contributed by atoms with Crippen LogP contribution in [0.1, 0.15) is 0 Å². The maximum Gasteiger partial charge on any atom is 0.286 e. The molecule has 1 aliphatic heterocycles. The van der Waals surface area contributed by atoms with Crippen LogP contribution in [0.2, 0.25) is 0 Å². The third-order valence-corrected chi connectivity index (χ3v) is 1.15. The first-order valence-electron chi connectivity index (χ1n) is 2.62. The van der Waals surface area contributed by atoms with Crippen LogP contribution >= 0.6 is 0 Å². The summed E-state index contributed by atoms with van der Waals surface area (Å²) in [6.45, 7) is 0. The Kier molecular flexibility index (Phi) is 1.33. The zero-order valence-electron chi connectivity index (χ0n) is 5.00. The predicted molar refractivity (Wildman–Crippen MR) is 31.8 cm³/mol. The number of rotatable bonds is 1. The number of hydrogen-bond donors (Lipinski definition) is 3. The van der Waals surface area contributed by atoms with Gasteiger partial charge in [-0.1, -0.05) is 0 Å². The van der Waals surface area contributed by atoms with Crippen molar-refractivity contribution in [1.82, 2.24) is 5.32 Å². The second-order valence-electron chi connectivity index (χ2n) is 1.91. The van der Waals surface area contributed by atoms with Gasteiger partial charge in [0.2, 0.25) is 5.91 Å². The molecule has 1 heterocycles. The molecule has 1 atom stereocenters. The average Bonchev–Trinajstić information content (AvgIpc) is 2.13. The number of aliphatic hydroxyl groups excluding tert-OH is 1. The van der Waals surface area contributed by atoms with Crippen LogP contribution in [-0.4, -0.2) is 23.0 Å². The summed E-state index contributed by atoms with van der Waals surface area (Å²) < 4.78 is 0. The number of aliphatic hydroxyl groups is 1. The van der Waals surface area contributed by atoms with E-state index in [0.717, 1.165) is 6.08 Å². The van der Waals surface area contributed by atoms with Crippen LogP contribution in [0.25, 0.3) is 0 Å². The first kappa shape index (κ1) is 6.60. The number of primary amides is 1. The smallest absolute Gasteiger partial charge is 0.286 e. The number of nitrogens with two attached hydrogens (primary N) is 1. The van der Waals surface area contributed by atoms with Crippen LogP contribution in [0.4, 0.5) is 0 Å². The summed E-state index contributed by atoms with van der Waals surface area (Å²) in [5.41, 5.74) is 4.81. The van der Waals surface area contributed by atoms with Gasteiger partial charge in [0.1, 0.15) is 6.04 Å². The van der Waals surface area contributed by atoms with E-state index in [1.54, 1.807) is 0 Å². The number of hydrogen-bond acceptors (Lipinski definition) is 3. The molecule has 2 amide bonds. The fourth-order valence-corrected chi connectivity index (χ4v) is 0.644. The number of amides is 2. The third-order valence-electron chi connectivity index (χ3n) is 1.15. The Hall–Kier alpha value is -1.52. The summed E-state index contributed by atoms with van der Waals surface area (Å²) >= 11 is 0. The molecule has 0 aromatic heterocycles. The Labute approximate surface area is 56.5 Å². The molecule has 0 fully saturated rings. The average molecular weight is 142 g/mol. The molecule has 0 spiro atoms. The quantitative estimate of drug-likeness (QED) is 0.412. The minimum Gasteiger partial charge on any atom is -0.503 e. The van der Waals surface area contributed by atoms with Gasteiger partial charge in [0.15, 0.2) is 5.76 Å². The number of carbonyl (C=O) groups is 2. The van der Waals surface area contributed by atoms with Crippen LogP contribution in [0.3, 0.4) is 0 Å². The van der Waals surface area contributed by atoms with E-state index in [4.69, 9.17) is 10.8 Å². The maximum atomic E-state index is 10.5. The fourth-order valence-electron chi connectivity index (χ4n) is 0.644. The van der Waals surface area contributed by atoms with Crippen molar-refractivity contribution in [2.75, 3.05) is 0 Å². The van der Waals surface area contributed by atoms with Gasteiger partial charge < -0.3 is 16.2 Å². The molecule has 1 unspecified atom stereocenters. The fraction of sp³-hybridized carbons (Fsp3) is 0.200. The van der Waals surface area contributed by atoms with E-state index in [9.17, 15) is 9.59 Å². The molecule has 0 saturated carbocycles. The van der Waals surface area contributed by atoms with Crippen LogP contribution in [-0.2, 0) is 9.59 Å². The lowest BCUT2D eigenvalue weighted by Crippen LogP contribution is -2.38. The molecule has 0 radical (unpaired) electrons. The van der Waals surface area contributed by atoms with Crippen molar-refractivity contribution >= 4 is 11.8 Å². The highest BCUT2D eigenvalue weighted by Gasteiger charge is 2.25. The molecule has 1 rings (SSSR count). The van der Waals surface area contributed by atoms with E-state index in [0.29, 0.717) is 0 Å². The Morgan fingerprint density at radius 2 is 2.40 bits per heavy atom. The van der Waals surface area contributed by atoms with Gasteiger partial charge in [-0.25, -0.2) is 0 Å². The molecule has 4 N–H and O–H groups in total. The van der Waals surface area contributed by atoms with E-state index in [1.807, 2.05) is 0 Å². The first-order valence-corrected chi connectivity index (χ1v) is 2.62. The van der Waals surface area contributed by atoms with Crippen molar-refractivity contribution in [1.29, 1.82) is 0 Å². The van der Waals surface area contributed by atoms with Gasteiger partial charge in [0.25, 0.3) is 5.91 Å². The van der Waals surface area contributed by atoms with Gasteiger partial charge >= 0.3 is 0 Å². The summed E-state index contributed by atoms with van der Waals surface area (Å²) in [5, 5.41) is 10.8. The normalized spacial score (nSPS) is 23.8. The molecule has 0 bridgehead atoms. The van der Waals surface area contributed by atoms with Crippen molar-refractivity contribution in [3.8, 4) is 0 Å². The number of nitrogens with one attached hydrogen (secondary N) is 1. The van der Waals surface area contributed by atoms with E-state index in [-0.39, 0.29) is 0 Å². The van der Waals surface area contributed by atoms with E-state index in [1.165, 1.54) is 0 Å². The summed E-state index contributed by atoms with van der Waals surface area (Å²) in [7, 11) is 0. The van der Waals surface area contributed by atoms with Gasteiger partial charge in [0.05, 0.1) is 0 Å². The minimum absolute atomic E-state index is 0.455. The van der Waals surface area contributed by atoms with Crippen LogP contribution in [0.5, 0.6) is 0 Å². The monoisotopic (exact) mass is 142 g/mol. The zero-order chi connectivity index (χ0) is 7.72. The minimum atomic E-state index is -0.854. The van der Waals surface area contributed by atoms with E-state index in [2.05, 4.69) is 5.32 Å². The zero-order valence-corrected chi connectivity index (χ0v) is 5.00. The van der Waals surface area contributed by atoms with Gasteiger partial charge in [0, 0.05) is 0 Å². The van der Waals surface area contributed by atoms with Gasteiger partial charge in [-0.15, -0.1) is 0 Å². The molecular weight excluding hydrogens is 136 g/mol. The second-order valence-corrected chi connectivity index (χ2v) is 1.91. The molecule has 54 valence electrons. The molecule has 1 aliphatic rings. The van der Waals surface area contributed by atoms with Crippen molar-refractivity contribution in [2.45, 2.75) is 6.04 Å². The highest BCUT2D eigenvalue weighted by Crippen LogP contribution is 2.01. The van der Waals surface area contributed by atoms with Crippen molar-refractivity contribution < 1.29 is 14.7 Å². The van der Waals surface area contributed by atoms with E-state index >= 15 is 0 Å². The second kappa shape index (κ2) is 2.02. The van der Waals surface area contributed by atoms with Gasteiger partial charge in [-0.05, 0) is 6.08 Å². The van der Waals surface area contributed by atoms with Gasteiger partial charge in [-0.3, -0.25) is 9.59 Å². The Bertz CT molecular complexity index is 221. The summed E-state index contributed by atoms with van der Waals surface area (Å²) in [6, 6.07) is -0.854. The first-order chi connectivity index (χ1) is 4.61. The highest BCUT2D eigenvalue weighted by molar-refractivity contribution is 6.00. The van der Waals surface area contributed by atoms with Crippen LogP contribution in [0, 0.1) is 0 Å². The number of carbonyl (C=O) groups excluding carboxylic acids is 2. The molecule has 5 nitrogen and oxygen atoms in total. The Morgan fingerprint density at radius 1 is 1.80 bits per heavy atom. The third kappa shape index (κ3) is 0.928. The van der Waals surface area contributed by atoms with Crippen molar-refractivity contribution in [3.05, 3.63) is 11.8 Å². The van der Waals surface area contributed by atoms with Crippen molar-refractivity contribution in [2.24, 2.45) is 5.73 Å². The molecule has 5 heteroatoms. The molecule has 0 saturated heterocycles. The summed E-state index contributed by atoms with van der Waals surface area (Å²) in [6.07, 6.45) is 1.07. The molecule has 0 aromatic rings. The van der Waals surface area contributed by atoms with Crippen LogP contribution < -0.4 is 11.1 Å². The SMILES string of the molecule is NC(=O)C1C=C(O)C(=O)N1. The lowest BCUT2D eigenvalue weighted by atomic mass is 10.3. The predicted octanol–water partition coefficient (Wildman–Crippen LogP) is -1.59. The topological polar surface area (TPSA) is 92.4 Å². The molecule has 0 aromatic carbocycles. The maximum absolute atomic E-state index is 10.5. The summed E-state index contributed by atoms with van der Waals surface area (Å²) in [4.78, 5) is 20.8. The highest BCUT2D eigenvalue weighted by atomic mass is 16.3. The standard InChI is InChI=1S/C5H6N2O3/c6-4(9)2-1-3(8)5(10)7-2/h1-2,8H,(H2,6,9)(H,7,10). The Balaban J connectivity index is 2.74. The lowest BCUT2D eigenvalue weighted by Gasteiger charge is -1.99. The van der Waals surface area contributed by atoms with Crippen molar-refractivity contribution in [3.63, 3.8) is 0 Å². The molecule has 0 aliphatic carbocycles. The molecule has 10 heavy (non-hydrogen) atoms. The Morgan fingerprint density at radius 3 is 2.60 bits per heavy atom.